The van der Waals surface area contributed by atoms with E-state index in [4.69, 9.17) is 0 Å². The molecule has 2 atom stereocenters. The zero-order valence-electron chi connectivity index (χ0n) is 11.6. The Morgan fingerprint density at radius 2 is 2.21 bits per heavy atom. The summed E-state index contributed by atoms with van der Waals surface area (Å²) in [5, 5.41) is 3.58. The Morgan fingerprint density at radius 1 is 1.42 bits per heavy atom. The molecule has 0 amide bonds. The van der Waals surface area contributed by atoms with E-state index in [0.29, 0.717) is 12.1 Å². The molecular weight excluding hydrogens is 307 g/mol. The zero-order valence-corrected chi connectivity index (χ0v) is 13.2. The van der Waals surface area contributed by atoms with Crippen molar-refractivity contribution in [3.8, 4) is 0 Å². The number of halogens is 2. The third kappa shape index (κ3) is 4.26. The maximum Gasteiger partial charge on any atom is 0.124 e. The first-order chi connectivity index (χ1) is 9.08. The molecule has 1 aromatic carbocycles. The van der Waals surface area contributed by atoms with Crippen molar-refractivity contribution in [2.75, 3.05) is 13.1 Å². The van der Waals surface area contributed by atoms with Crippen LogP contribution >= 0.6 is 15.9 Å². The van der Waals surface area contributed by atoms with Gasteiger partial charge < -0.3 is 5.32 Å². The van der Waals surface area contributed by atoms with Gasteiger partial charge in [0.1, 0.15) is 5.82 Å². The highest BCUT2D eigenvalue weighted by molar-refractivity contribution is 9.10. The Kier molecular flexibility index (Phi) is 5.37. The van der Waals surface area contributed by atoms with Crippen molar-refractivity contribution in [2.45, 2.75) is 45.3 Å². The molecule has 2 nitrogen and oxygen atoms in total. The van der Waals surface area contributed by atoms with Crippen molar-refractivity contribution < 1.29 is 4.39 Å². The summed E-state index contributed by atoms with van der Waals surface area (Å²) in [4.78, 5) is 2.44. The van der Waals surface area contributed by atoms with Crippen LogP contribution in [0.2, 0.25) is 0 Å². The number of nitrogens with one attached hydrogen (secondary N) is 1. The van der Waals surface area contributed by atoms with Crippen LogP contribution in [-0.4, -0.2) is 30.1 Å². The summed E-state index contributed by atoms with van der Waals surface area (Å²) >= 11 is 3.36. The Labute approximate surface area is 123 Å². The summed E-state index contributed by atoms with van der Waals surface area (Å²) in [6, 6.07) is 6.21. The molecule has 1 heterocycles. The average Bonchev–Trinajstić information content (AvgIpc) is 2.32. The van der Waals surface area contributed by atoms with Gasteiger partial charge in [-0.2, -0.15) is 0 Å². The number of rotatable bonds is 4. The molecule has 1 saturated heterocycles. The number of benzene rings is 1. The predicted molar refractivity (Wildman–Crippen MR) is 80.7 cm³/mol. The van der Waals surface area contributed by atoms with Crippen LogP contribution in [-0.2, 0) is 6.54 Å². The summed E-state index contributed by atoms with van der Waals surface area (Å²) in [6.07, 6.45) is 2.40. The molecule has 0 spiro atoms. The van der Waals surface area contributed by atoms with E-state index in [1.165, 1.54) is 18.9 Å². The smallest absolute Gasteiger partial charge is 0.124 e. The van der Waals surface area contributed by atoms with Gasteiger partial charge in [-0.15, -0.1) is 0 Å². The van der Waals surface area contributed by atoms with Gasteiger partial charge in [-0.25, -0.2) is 4.39 Å². The molecule has 1 aromatic rings. The lowest BCUT2D eigenvalue weighted by molar-refractivity contribution is 0.129. The van der Waals surface area contributed by atoms with Crippen molar-refractivity contribution in [2.24, 2.45) is 0 Å². The minimum atomic E-state index is -0.169. The second kappa shape index (κ2) is 6.82. The number of piperazine rings is 1. The largest absolute Gasteiger partial charge is 0.311 e. The van der Waals surface area contributed by atoms with E-state index in [1.54, 1.807) is 6.07 Å². The predicted octanol–water partition coefficient (Wildman–Crippen LogP) is 3.55. The maximum absolute atomic E-state index is 13.4. The third-order valence-corrected chi connectivity index (χ3v) is 4.18. The second-order valence-corrected chi connectivity index (χ2v) is 6.37. The van der Waals surface area contributed by atoms with Crippen LogP contribution < -0.4 is 5.32 Å². The molecule has 106 valence electrons. The zero-order chi connectivity index (χ0) is 13.8. The lowest BCUT2D eigenvalue weighted by Gasteiger charge is -2.39. The third-order valence-electron chi connectivity index (χ3n) is 3.73. The van der Waals surface area contributed by atoms with E-state index in [-0.39, 0.29) is 5.82 Å². The van der Waals surface area contributed by atoms with Gasteiger partial charge >= 0.3 is 0 Å². The second-order valence-electron chi connectivity index (χ2n) is 5.45. The van der Waals surface area contributed by atoms with Gasteiger partial charge in [0.2, 0.25) is 0 Å². The van der Waals surface area contributed by atoms with Crippen LogP contribution in [0.15, 0.2) is 22.7 Å². The molecule has 2 rings (SSSR count). The first kappa shape index (κ1) is 14.9. The molecule has 0 aliphatic carbocycles. The quantitative estimate of drug-likeness (QED) is 0.909. The van der Waals surface area contributed by atoms with Gasteiger partial charge in [0.15, 0.2) is 0 Å². The van der Waals surface area contributed by atoms with Crippen LogP contribution in [0, 0.1) is 5.82 Å². The molecule has 1 N–H and O–H groups in total. The lowest BCUT2D eigenvalue weighted by Crippen LogP contribution is -2.54. The molecule has 2 unspecified atom stereocenters. The van der Waals surface area contributed by atoms with Crippen LogP contribution in [0.5, 0.6) is 0 Å². The fourth-order valence-corrected chi connectivity index (χ4v) is 3.21. The molecule has 1 aliphatic heterocycles. The first-order valence-electron chi connectivity index (χ1n) is 7.01. The number of hydrogen-bond acceptors (Lipinski definition) is 2. The van der Waals surface area contributed by atoms with Gasteiger partial charge in [0, 0.05) is 36.2 Å². The molecule has 0 bridgehead atoms. The Morgan fingerprint density at radius 3 is 2.89 bits per heavy atom. The summed E-state index contributed by atoms with van der Waals surface area (Å²) in [5.41, 5.74) is 1.04. The molecule has 1 fully saturated rings. The standard InChI is InChI=1S/C15H22BrFN2/c1-3-4-15-10-19(11(2)8-18-15)9-12-5-13(16)7-14(17)6-12/h5-7,11,15,18H,3-4,8-10H2,1-2H3. The van der Waals surface area contributed by atoms with Gasteiger partial charge in [-0.3, -0.25) is 4.90 Å². The minimum absolute atomic E-state index is 0.169. The summed E-state index contributed by atoms with van der Waals surface area (Å²) in [6.45, 7) is 7.32. The highest BCUT2D eigenvalue weighted by Gasteiger charge is 2.24. The molecule has 1 aliphatic rings. The fraction of sp³-hybridized carbons (Fsp3) is 0.600. The van der Waals surface area contributed by atoms with Crippen LogP contribution in [0.25, 0.3) is 0 Å². The first-order valence-corrected chi connectivity index (χ1v) is 7.80. The minimum Gasteiger partial charge on any atom is -0.311 e. The number of nitrogens with zero attached hydrogens (tertiary/aromatic N) is 1. The van der Waals surface area contributed by atoms with Crippen molar-refractivity contribution in [3.63, 3.8) is 0 Å². The Balaban J connectivity index is 2.03. The van der Waals surface area contributed by atoms with Gasteiger partial charge in [-0.05, 0) is 37.1 Å². The van der Waals surface area contributed by atoms with Crippen molar-refractivity contribution in [3.05, 3.63) is 34.1 Å². The Hall–Kier alpha value is -0.450. The highest BCUT2D eigenvalue weighted by Crippen LogP contribution is 2.19. The summed E-state index contributed by atoms with van der Waals surface area (Å²) in [5.74, 6) is -0.169. The van der Waals surface area contributed by atoms with Crippen molar-refractivity contribution >= 4 is 15.9 Å². The van der Waals surface area contributed by atoms with E-state index < -0.39 is 0 Å². The van der Waals surface area contributed by atoms with E-state index in [2.05, 4.69) is 40.0 Å². The lowest BCUT2D eigenvalue weighted by atomic mass is 10.0. The van der Waals surface area contributed by atoms with Crippen LogP contribution in [0.3, 0.4) is 0 Å². The SMILES string of the molecule is CCCC1CN(Cc2cc(F)cc(Br)c2)C(C)CN1. The van der Waals surface area contributed by atoms with E-state index in [1.807, 2.05) is 6.07 Å². The van der Waals surface area contributed by atoms with Gasteiger partial charge in [0.25, 0.3) is 0 Å². The highest BCUT2D eigenvalue weighted by atomic mass is 79.9. The fourth-order valence-electron chi connectivity index (χ4n) is 2.69. The van der Waals surface area contributed by atoms with Crippen molar-refractivity contribution in [1.29, 1.82) is 0 Å². The molecule has 4 heteroatoms. The normalized spacial score (nSPS) is 24.6. The average molecular weight is 329 g/mol. The topological polar surface area (TPSA) is 15.3 Å². The number of hydrogen-bond donors (Lipinski definition) is 1. The van der Waals surface area contributed by atoms with Crippen molar-refractivity contribution in [1.82, 2.24) is 10.2 Å². The van der Waals surface area contributed by atoms with E-state index >= 15 is 0 Å². The van der Waals surface area contributed by atoms with E-state index in [0.717, 1.165) is 29.7 Å². The maximum atomic E-state index is 13.4. The Bertz CT molecular complexity index is 404. The van der Waals surface area contributed by atoms with Gasteiger partial charge in [-0.1, -0.05) is 29.3 Å². The molecule has 0 radical (unpaired) electrons. The van der Waals surface area contributed by atoms with Crippen LogP contribution in [0.1, 0.15) is 32.3 Å². The summed E-state index contributed by atoms with van der Waals surface area (Å²) in [7, 11) is 0. The van der Waals surface area contributed by atoms with Crippen LogP contribution in [0.4, 0.5) is 4.39 Å². The monoisotopic (exact) mass is 328 g/mol. The van der Waals surface area contributed by atoms with Gasteiger partial charge in [0.05, 0.1) is 0 Å². The van der Waals surface area contributed by atoms with E-state index in [9.17, 15) is 4.39 Å². The molecule has 0 aromatic heterocycles. The molecular formula is C15H22BrFN2. The molecule has 0 saturated carbocycles. The molecule has 19 heavy (non-hydrogen) atoms. The summed E-state index contributed by atoms with van der Waals surface area (Å²) < 4.78 is 14.2.